The van der Waals surface area contributed by atoms with Gasteiger partial charge < -0.3 is 20.1 Å². The van der Waals surface area contributed by atoms with Crippen molar-refractivity contribution in [3.05, 3.63) is 65.5 Å². The van der Waals surface area contributed by atoms with Gasteiger partial charge in [0.05, 0.1) is 13.2 Å². The van der Waals surface area contributed by atoms with Gasteiger partial charge in [0, 0.05) is 31.3 Å². The van der Waals surface area contributed by atoms with E-state index in [0.29, 0.717) is 26.3 Å². The second kappa shape index (κ2) is 11.7. The lowest BCUT2D eigenvalue weighted by Crippen LogP contribution is -2.36. The Labute approximate surface area is 183 Å². The summed E-state index contributed by atoms with van der Waals surface area (Å²) in [6.45, 7) is 7.09. The minimum Gasteiger partial charge on any atom is -0.491 e. The van der Waals surface area contributed by atoms with Crippen LogP contribution < -0.4 is 15.4 Å². The second-order valence-electron chi connectivity index (χ2n) is 7.04. The maximum atomic E-state index is 5.89. The molecule has 0 aliphatic carbocycles. The number of nitrogens with one attached hydrogen (secondary N) is 3. The fourth-order valence-electron chi connectivity index (χ4n) is 3.03. The van der Waals surface area contributed by atoms with E-state index in [1.54, 1.807) is 7.11 Å². The molecule has 2 aromatic carbocycles. The monoisotopic (exact) mass is 422 g/mol. The van der Waals surface area contributed by atoms with E-state index in [9.17, 15) is 0 Å². The van der Waals surface area contributed by atoms with Crippen LogP contribution in [0.4, 0.5) is 0 Å². The quantitative estimate of drug-likeness (QED) is 0.264. The molecular formula is C23H30N6O2. The van der Waals surface area contributed by atoms with Gasteiger partial charge in [0.2, 0.25) is 0 Å². The number of rotatable bonds is 10. The summed E-state index contributed by atoms with van der Waals surface area (Å²) in [7, 11) is 1.67. The van der Waals surface area contributed by atoms with Gasteiger partial charge in [-0.3, -0.25) is 5.10 Å². The molecule has 0 fully saturated rings. The van der Waals surface area contributed by atoms with Crippen molar-refractivity contribution in [3.63, 3.8) is 0 Å². The van der Waals surface area contributed by atoms with Crippen LogP contribution in [0, 0.1) is 6.92 Å². The molecule has 0 atom stereocenters. The first-order valence-electron chi connectivity index (χ1n) is 10.4. The Morgan fingerprint density at radius 2 is 2.03 bits per heavy atom. The first-order valence-corrected chi connectivity index (χ1v) is 10.4. The van der Waals surface area contributed by atoms with E-state index < -0.39 is 0 Å². The van der Waals surface area contributed by atoms with Crippen LogP contribution in [0.15, 0.2) is 53.8 Å². The Morgan fingerprint density at radius 3 is 2.81 bits per heavy atom. The number of aromatic nitrogens is 3. The number of guanidine groups is 1. The molecule has 0 aliphatic rings. The Kier molecular flexibility index (Phi) is 8.42. The topological polar surface area (TPSA) is 96.5 Å². The average Bonchev–Trinajstić information content (AvgIpc) is 3.32. The summed E-state index contributed by atoms with van der Waals surface area (Å²) in [5, 5.41) is 13.5. The van der Waals surface area contributed by atoms with E-state index >= 15 is 0 Å². The van der Waals surface area contributed by atoms with Crippen molar-refractivity contribution in [3.8, 4) is 17.1 Å². The number of nitrogens with zero attached hydrogens (tertiary/aromatic N) is 3. The molecule has 0 bridgehead atoms. The van der Waals surface area contributed by atoms with Crippen molar-refractivity contribution in [2.45, 2.75) is 26.9 Å². The summed E-state index contributed by atoms with van der Waals surface area (Å²) in [6.07, 6.45) is 1.51. The zero-order chi connectivity index (χ0) is 21.9. The zero-order valence-electron chi connectivity index (χ0n) is 18.3. The number of aromatic amines is 1. The maximum absolute atomic E-state index is 5.89. The molecule has 0 radical (unpaired) electrons. The van der Waals surface area contributed by atoms with E-state index in [4.69, 9.17) is 14.5 Å². The highest BCUT2D eigenvalue weighted by Gasteiger charge is 2.07. The average molecular weight is 423 g/mol. The summed E-state index contributed by atoms with van der Waals surface area (Å²) in [5.41, 5.74) is 4.30. The van der Waals surface area contributed by atoms with E-state index in [2.05, 4.69) is 57.0 Å². The molecule has 0 amide bonds. The molecule has 0 aliphatic heterocycles. The molecule has 8 nitrogen and oxygen atoms in total. The molecule has 164 valence electrons. The van der Waals surface area contributed by atoms with Gasteiger partial charge in [-0.1, -0.05) is 30.3 Å². The third-order valence-electron chi connectivity index (χ3n) is 4.59. The first kappa shape index (κ1) is 22.3. The van der Waals surface area contributed by atoms with Crippen LogP contribution in [0.25, 0.3) is 11.4 Å². The Balaban J connectivity index is 1.66. The summed E-state index contributed by atoms with van der Waals surface area (Å²) in [6, 6.07) is 14.3. The highest BCUT2D eigenvalue weighted by atomic mass is 16.5. The normalized spacial score (nSPS) is 11.4. The lowest BCUT2D eigenvalue weighted by molar-refractivity contribution is 0.145. The number of methoxy groups -OCH3 is 1. The minimum absolute atomic E-state index is 0.517. The van der Waals surface area contributed by atoms with E-state index in [0.717, 1.165) is 46.3 Å². The molecular weight excluding hydrogens is 392 g/mol. The Morgan fingerprint density at radius 1 is 1.13 bits per heavy atom. The molecule has 8 heteroatoms. The number of hydrogen-bond acceptors (Lipinski definition) is 5. The molecule has 31 heavy (non-hydrogen) atoms. The smallest absolute Gasteiger partial charge is 0.191 e. The molecule has 0 unspecified atom stereocenters. The van der Waals surface area contributed by atoms with Crippen LogP contribution in [0.5, 0.6) is 5.75 Å². The van der Waals surface area contributed by atoms with E-state index in [1.807, 2.05) is 25.1 Å². The molecule has 0 saturated heterocycles. The van der Waals surface area contributed by atoms with Crippen molar-refractivity contribution in [2.75, 3.05) is 26.9 Å². The van der Waals surface area contributed by atoms with Crippen LogP contribution in [0.3, 0.4) is 0 Å². The molecule has 3 aromatic rings. The predicted octanol–water partition coefficient (Wildman–Crippen LogP) is 3.06. The number of H-pyrrole nitrogens is 1. The van der Waals surface area contributed by atoms with E-state index in [-0.39, 0.29) is 0 Å². The Bertz CT molecular complexity index is 972. The Hall–Kier alpha value is -3.39. The number of hydrogen-bond donors (Lipinski definition) is 3. The number of benzene rings is 2. The summed E-state index contributed by atoms with van der Waals surface area (Å²) in [4.78, 5) is 8.94. The SMILES string of the molecule is CCNC(=NCc1cccc(-c2ncn[nH]2)c1)NCc1ccc(C)cc1OCCOC. The summed E-state index contributed by atoms with van der Waals surface area (Å²) < 4.78 is 11.0. The second-order valence-corrected chi connectivity index (χ2v) is 7.04. The van der Waals surface area contributed by atoms with Crippen molar-refractivity contribution >= 4 is 5.96 Å². The van der Waals surface area contributed by atoms with Crippen molar-refractivity contribution in [2.24, 2.45) is 4.99 Å². The maximum Gasteiger partial charge on any atom is 0.191 e. The standard InChI is InChI=1S/C23H30N6O2/c1-4-24-23(25-14-18-6-5-7-19(13-18)22-27-16-28-29-22)26-15-20-9-8-17(2)12-21(20)31-11-10-30-3/h5-9,12-13,16H,4,10-11,14-15H2,1-3H3,(H2,24,25,26)(H,27,28,29). The molecule has 3 N–H and O–H groups in total. The highest BCUT2D eigenvalue weighted by Crippen LogP contribution is 2.20. The number of ether oxygens (including phenoxy) is 2. The molecule has 1 heterocycles. The van der Waals surface area contributed by atoms with Crippen molar-refractivity contribution in [1.29, 1.82) is 0 Å². The van der Waals surface area contributed by atoms with Crippen LogP contribution in [0.2, 0.25) is 0 Å². The van der Waals surface area contributed by atoms with Gasteiger partial charge in [-0.05, 0) is 37.1 Å². The predicted molar refractivity (Wildman–Crippen MR) is 122 cm³/mol. The van der Waals surface area contributed by atoms with Gasteiger partial charge in [-0.2, -0.15) is 5.10 Å². The van der Waals surface area contributed by atoms with Gasteiger partial charge >= 0.3 is 0 Å². The van der Waals surface area contributed by atoms with Gasteiger partial charge in [0.1, 0.15) is 18.7 Å². The van der Waals surface area contributed by atoms with Gasteiger partial charge in [0.25, 0.3) is 0 Å². The van der Waals surface area contributed by atoms with E-state index in [1.165, 1.54) is 6.33 Å². The molecule has 3 rings (SSSR count). The highest BCUT2D eigenvalue weighted by molar-refractivity contribution is 5.79. The van der Waals surface area contributed by atoms with Crippen LogP contribution >= 0.6 is 0 Å². The fourth-order valence-corrected chi connectivity index (χ4v) is 3.03. The number of aliphatic imine (C=N–C) groups is 1. The third kappa shape index (κ3) is 6.82. The lowest BCUT2D eigenvalue weighted by Gasteiger charge is -2.15. The fraction of sp³-hybridized carbons (Fsp3) is 0.348. The van der Waals surface area contributed by atoms with Crippen LogP contribution in [-0.2, 0) is 17.8 Å². The first-order chi connectivity index (χ1) is 15.2. The molecule has 1 aromatic heterocycles. The zero-order valence-corrected chi connectivity index (χ0v) is 18.3. The summed E-state index contributed by atoms with van der Waals surface area (Å²) in [5.74, 6) is 2.35. The molecule has 0 spiro atoms. The van der Waals surface area contributed by atoms with Gasteiger partial charge in [-0.25, -0.2) is 9.98 Å². The largest absolute Gasteiger partial charge is 0.491 e. The minimum atomic E-state index is 0.517. The van der Waals surface area contributed by atoms with Crippen molar-refractivity contribution in [1.82, 2.24) is 25.8 Å². The number of aryl methyl sites for hydroxylation is 1. The van der Waals surface area contributed by atoms with Gasteiger partial charge in [-0.15, -0.1) is 0 Å². The lowest BCUT2D eigenvalue weighted by atomic mass is 10.1. The summed E-state index contributed by atoms with van der Waals surface area (Å²) >= 11 is 0. The van der Waals surface area contributed by atoms with Gasteiger partial charge in [0.15, 0.2) is 11.8 Å². The van der Waals surface area contributed by atoms with Crippen molar-refractivity contribution < 1.29 is 9.47 Å². The third-order valence-corrected chi connectivity index (χ3v) is 4.59. The molecule has 0 saturated carbocycles. The van der Waals surface area contributed by atoms with Crippen LogP contribution in [0.1, 0.15) is 23.6 Å². The van der Waals surface area contributed by atoms with Crippen LogP contribution in [-0.4, -0.2) is 48.0 Å².